The molecule has 0 spiro atoms. The zero-order valence-corrected chi connectivity index (χ0v) is 12.6. The second-order valence-electron chi connectivity index (χ2n) is 5.77. The Balaban J connectivity index is 1.65. The molecule has 21 heavy (non-hydrogen) atoms. The van der Waals surface area contributed by atoms with Crippen LogP contribution in [-0.2, 0) is 17.7 Å². The lowest BCUT2D eigenvalue weighted by molar-refractivity contribution is 0.202. The van der Waals surface area contributed by atoms with E-state index >= 15 is 0 Å². The average Bonchev–Trinajstić information content (AvgIpc) is 3.37. The van der Waals surface area contributed by atoms with Crippen LogP contribution in [0.4, 0.5) is 5.69 Å². The van der Waals surface area contributed by atoms with E-state index in [1.807, 2.05) is 0 Å². The smallest absolute Gasteiger partial charge is 0.0503 e. The summed E-state index contributed by atoms with van der Waals surface area (Å²) in [6.07, 6.45) is 3.66. The fourth-order valence-corrected chi connectivity index (χ4v) is 2.69. The summed E-state index contributed by atoms with van der Waals surface area (Å²) in [6, 6.07) is 17.5. The molecule has 1 N–H and O–H groups in total. The molecular formula is C19H23NO. The largest absolute Gasteiger partial charge is 0.384 e. The summed E-state index contributed by atoms with van der Waals surface area (Å²) in [4.78, 5) is 0. The molecule has 110 valence electrons. The van der Waals surface area contributed by atoms with Gasteiger partial charge in [-0.3, -0.25) is 0 Å². The Labute approximate surface area is 127 Å². The molecule has 0 unspecified atom stereocenters. The number of anilines is 1. The van der Waals surface area contributed by atoms with Crippen LogP contribution >= 0.6 is 0 Å². The lowest BCUT2D eigenvalue weighted by Crippen LogP contribution is -2.04. The number of hydrogen-bond donors (Lipinski definition) is 1. The number of para-hydroxylation sites is 1. The van der Waals surface area contributed by atoms with Crippen LogP contribution in [0.25, 0.3) is 0 Å². The van der Waals surface area contributed by atoms with Gasteiger partial charge in [-0.25, -0.2) is 0 Å². The van der Waals surface area contributed by atoms with Gasteiger partial charge in [0.05, 0.1) is 6.61 Å². The number of rotatable bonds is 7. The van der Waals surface area contributed by atoms with Crippen LogP contribution in [0.5, 0.6) is 0 Å². The van der Waals surface area contributed by atoms with Crippen LogP contribution in [0.15, 0.2) is 48.5 Å². The van der Waals surface area contributed by atoms with Crippen molar-refractivity contribution in [3.63, 3.8) is 0 Å². The molecule has 3 rings (SSSR count). The van der Waals surface area contributed by atoms with E-state index in [1.54, 1.807) is 7.11 Å². The first-order valence-corrected chi connectivity index (χ1v) is 7.76. The summed E-state index contributed by atoms with van der Waals surface area (Å²) in [5.74, 6) is 0.818. The maximum atomic E-state index is 5.18. The molecule has 0 aliphatic heterocycles. The van der Waals surface area contributed by atoms with Crippen molar-refractivity contribution in [1.82, 2.24) is 0 Å². The third-order valence-electron chi connectivity index (χ3n) is 4.08. The number of methoxy groups -OCH3 is 1. The molecule has 2 aromatic carbocycles. The Morgan fingerprint density at radius 3 is 2.76 bits per heavy atom. The minimum absolute atomic E-state index is 0.760. The molecule has 1 aliphatic carbocycles. The molecule has 0 heterocycles. The predicted octanol–water partition coefficient (Wildman–Crippen LogP) is 4.37. The van der Waals surface area contributed by atoms with Gasteiger partial charge in [0, 0.05) is 19.3 Å². The average molecular weight is 281 g/mol. The molecule has 0 amide bonds. The fourth-order valence-electron chi connectivity index (χ4n) is 2.69. The van der Waals surface area contributed by atoms with Crippen molar-refractivity contribution in [3.05, 3.63) is 65.2 Å². The van der Waals surface area contributed by atoms with Crippen LogP contribution in [0.1, 0.15) is 35.4 Å². The van der Waals surface area contributed by atoms with Gasteiger partial charge in [-0.2, -0.15) is 0 Å². The van der Waals surface area contributed by atoms with E-state index < -0.39 is 0 Å². The van der Waals surface area contributed by atoms with E-state index in [0.717, 1.165) is 25.5 Å². The van der Waals surface area contributed by atoms with E-state index in [0.29, 0.717) is 0 Å². The Morgan fingerprint density at radius 2 is 1.95 bits per heavy atom. The van der Waals surface area contributed by atoms with Crippen molar-refractivity contribution in [1.29, 1.82) is 0 Å². The third-order valence-corrected chi connectivity index (χ3v) is 4.08. The van der Waals surface area contributed by atoms with E-state index in [4.69, 9.17) is 4.74 Å². The monoisotopic (exact) mass is 281 g/mol. The van der Waals surface area contributed by atoms with Crippen molar-refractivity contribution in [2.75, 3.05) is 19.0 Å². The molecule has 0 radical (unpaired) electrons. The molecule has 2 nitrogen and oxygen atoms in total. The van der Waals surface area contributed by atoms with Crippen LogP contribution in [-0.4, -0.2) is 13.7 Å². The van der Waals surface area contributed by atoms with Crippen molar-refractivity contribution in [2.45, 2.75) is 31.7 Å². The van der Waals surface area contributed by atoms with Gasteiger partial charge < -0.3 is 10.1 Å². The molecule has 1 fully saturated rings. The summed E-state index contributed by atoms with van der Waals surface area (Å²) in [6.45, 7) is 1.64. The quantitative estimate of drug-likeness (QED) is 0.814. The second kappa shape index (κ2) is 6.77. The Hall–Kier alpha value is -1.80. The van der Waals surface area contributed by atoms with Gasteiger partial charge in [0.1, 0.15) is 0 Å². The van der Waals surface area contributed by atoms with Crippen molar-refractivity contribution < 1.29 is 4.74 Å². The second-order valence-corrected chi connectivity index (χ2v) is 5.77. The summed E-state index contributed by atoms with van der Waals surface area (Å²) in [5, 5.41) is 3.57. The topological polar surface area (TPSA) is 21.3 Å². The van der Waals surface area contributed by atoms with E-state index in [-0.39, 0.29) is 0 Å². The standard InChI is InChI=1S/C19H23NO/c1-21-12-11-17-6-2-3-8-19(17)20-14-15-5-4-7-18(13-15)16-9-10-16/h2-8,13,16,20H,9-12,14H2,1H3. The zero-order chi connectivity index (χ0) is 14.5. The first kappa shape index (κ1) is 14.2. The highest BCUT2D eigenvalue weighted by atomic mass is 16.5. The number of ether oxygens (including phenoxy) is 1. The lowest BCUT2D eigenvalue weighted by Gasteiger charge is -2.12. The first-order chi connectivity index (χ1) is 10.4. The first-order valence-electron chi connectivity index (χ1n) is 7.76. The number of benzene rings is 2. The molecule has 1 aliphatic rings. The fraction of sp³-hybridized carbons (Fsp3) is 0.368. The Bertz CT molecular complexity index is 590. The Kier molecular flexibility index (Phi) is 4.56. The summed E-state index contributed by atoms with van der Waals surface area (Å²) >= 11 is 0. The summed E-state index contributed by atoms with van der Waals surface area (Å²) < 4.78 is 5.18. The molecule has 0 saturated heterocycles. The SMILES string of the molecule is COCCc1ccccc1NCc1cccc(C2CC2)c1. The lowest BCUT2D eigenvalue weighted by atomic mass is 10.1. The van der Waals surface area contributed by atoms with Crippen LogP contribution < -0.4 is 5.32 Å². The van der Waals surface area contributed by atoms with Crippen molar-refractivity contribution in [2.24, 2.45) is 0 Å². The van der Waals surface area contributed by atoms with Crippen LogP contribution in [0.3, 0.4) is 0 Å². The van der Waals surface area contributed by atoms with Gasteiger partial charge in [-0.05, 0) is 47.9 Å². The number of hydrogen-bond acceptors (Lipinski definition) is 2. The summed E-state index contributed by atoms with van der Waals surface area (Å²) in [5.41, 5.74) is 5.40. The van der Waals surface area contributed by atoms with Crippen molar-refractivity contribution >= 4 is 5.69 Å². The summed E-state index contributed by atoms with van der Waals surface area (Å²) in [7, 11) is 1.75. The van der Waals surface area contributed by atoms with Crippen molar-refractivity contribution in [3.8, 4) is 0 Å². The molecule has 0 aromatic heterocycles. The van der Waals surface area contributed by atoms with Gasteiger partial charge in [-0.1, -0.05) is 42.5 Å². The predicted molar refractivity (Wildman–Crippen MR) is 87.8 cm³/mol. The minimum atomic E-state index is 0.760. The third kappa shape index (κ3) is 3.85. The van der Waals surface area contributed by atoms with Gasteiger partial charge in [0.15, 0.2) is 0 Å². The van der Waals surface area contributed by atoms with E-state index in [2.05, 4.69) is 53.8 Å². The number of nitrogens with one attached hydrogen (secondary N) is 1. The zero-order valence-electron chi connectivity index (χ0n) is 12.6. The highest BCUT2D eigenvalue weighted by molar-refractivity contribution is 5.51. The maximum Gasteiger partial charge on any atom is 0.0503 e. The highest BCUT2D eigenvalue weighted by Gasteiger charge is 2.23. The van der Waals surface area contributed by atoms with Gasteiger partial charge in [0.2, 0.25) is 0 Å². The Morgan fingerprint density at radius 1 is 1.10 bits per heavy atom. The normalized spacial score (nSPS) is 14.1. The van der Waals surface area contributed by atoms with E-state index in [1.165, 1.54) is 35.2 Å². The van der Waals surface area contributed by atoms with E-state index in [9.17, 15) is 0 Å². The minimum Gasteiger partial charge on any atom is -0.384 e. The molecular weight excluding hydrogens is 258 g/mol. The maximum absolute atomic E-state index is 5.18. The molecule has 0 bridgehead atoms. The molecule has 1 saturated carbocycles. The highest BCUT2D eigenvalue weighted by Crippen LogP contribution is 2.40. The van der Waals surface area contributed by atoms with Gasteiger partial charge >= 0.3 is 0 Å². The van der Waals surface area contributed by atoms with Crippen LogP contribution in [0.2, 0.25) is 0 Å². The molecule has 0 atom stereocenters. The van der Waals surface area contributed by atoms with Gasteiger partial charge in [0.25, 0.3) is 0 Å². The molecule has 2 aromatic rings. The van der Waals surface area contributed by atoms with Crippen LogP contribution in [0, 0.1) is 0 Å². The van der Waals surface area contributed by atoms with Gasteiger partial charge in [-0.15, -0.1) is 0 Å². The molecule has 2 heteroatoms.